The first-order valence-corrected chi connectivity index (χ1v) is 8.86. The molecular formula is C18H27BN4O2. The molecule has 1 aromatic heterocycles. The van der Waals surface area contributed by atoms with Gasteiger partial charge in [0, 0.05) is 24.9 Å². The maximum Gasteiger partial charge on any atom is 0.498 e. The van der Waals surface area contributed by atoms with E-state index in [2.05, 4.69) is 11.1 Å². The van der Waals surface area contributed by atoms with Crippen LogP contribution < -0.4 is 5.46 Å². The Balaban J connectivity index is 1.87. The van der Waals surface area contributed by atoms with Gasteiger partial charge in [0.1, 0.15) is 0 Å². The zero-order chi connectivity index (χ0) is 18.5. The van der Waals surface area contributed by atoms with Gasteiger partial charge in [-0.1, -0.05) is 0 Å². The van der Waals surface area contributed by atoms with Crippen LogP contribution in [-0.4, -0.2) is 41.4 Å². The predicted octanol–water partition coefficient (Wildman–Crippen LogP) is 2.21. The van der Waals surface area contributed by atoms with E-state index in [0.29, 0.717) is 12.3 Å². The van der Waals surface area contributed by atoms with E-state index in [1.807, 2.05) is 51.7 Å². The number of aliphatic imine (C=N–C) groups is 1. The number of hydrogen-bond donors (Lipinski definition) is 0. The van der Waals surface area contributed by atoms with Gasteiger partial charge in [0.2, 0.25) is 0 Å². The lowest BCUT2D eigenvalue weighted by molar-refractivity contribution is 0.00578. The lowest BCUT2D eigenvalue weighted by atomic mass is 9.67. The Bertz CT molecular complexity index is 710. The van der Waals surface area contributed by atoms with Gasteiger partial charge in [-0.25, -0.2) is 0 Å². The molecule has 2 heterocycles. The molecule has 0 amide bonds. The number of nitriles is 1. The van der Waals surface area contributed by atoms with Crippen molar-refractivity contribution >= 4 is 18.8 Å². The highest BCUT2D eigenvalue weighted by Gasteiger charge is 2.53. The minimum absolute atomic E-state index is 0.243. The van der Waals surface area contributed by atoms with Gasteiger partial charge >= 0.3 is 7.12 Å². The molecule has 1 aliphatic heterocycles. The van der Waals surface area contributed by atoms with E-state index < -0.39 is 7.12 Å². The normalized spacial score (nSPS) is 30.4. The first-order chi connectivity index (χ1) is 11.6. The van der Waals surface area contributed by atoms with Crippen molar-refractivity contribution < 1.29 is 9.31 Å². The maximum absolute atomic E-state index is 9.30. The molecule has 1 saturated heterocycles. The molecule has 0 radical (unpaired) electrons. The van der Waals surface area contributed by atoms with E-state index >= 15 is 0 Å². The summed E-state index contributed by atoms with van der Waals surface area (Å²) in [6.45, 7) is 10.2. The molecule has 2 aliphatic rings. The zero-order valence-electron chi connectivity index (χ0n) is 16.0. The summed E-state index contributed by atoms with van der Waals surface area (Å²) in [5.74, 6) is 0.420. The molecule has 0 spiro atoms. The summed E-state index contributed by atoms with van der Waals surface area (Å²) in [6, 6.07) is 2.33. The molecule has 0 bridgehead atoms. The van der Waals surface area contributed by atoms with E-state index in [-0.39, 0.29) is 16.7 Å². The van der Waals surface area contributed by atoms with Gasteiger partial charge in [0.05, 0.1) is 34.9 Å². The van der Waals surface area contributed by atoms with Crippen LogP contribution in [0.25, 0.3) is 0 Å². The zero-order valence-corrected chi connectivity index (χ0v) is 16.0. The van der Waals surface area contributed by atoms with Gasteiger partial charge in [-0.3, -0.25) is 4.68 Å². The lowest BCUT2D eigenvalue weighted by Gasteiger charge is -2.45. The number of aryl methyl sites for hydroxylation is 1. The molecule has 1 aliphatic carbocycles. The van der Waals surface area contributed by atoms with E-state index in [1.54, 1.807) is 7.05 Å². The quantitative estimate of drug-likeness (QED) is 0.621. The molecule has 6 nitrogen and oxygen atoms in total. The fourth-order valence-corrected chi connectivity index (χ4v) is 3.71. The van der Waals surface area contributed by atoms with Crippen molar-refractivity contribution in [3.63, 3.8) is 0 Å². The third-order valence-corrected chi connectivity index (χ3v) is 5.98. The number of nitrogens with zero attached hydrogens (tertiary/aromatic N) is 4. The number of hydrogen-bond acceptors (Lipinski definition) is 5. The maximum atomic E-state index is 9.30. The molecule has 0 N–H and O–H groups in total. The summed E-state index contributed by atoms with van der Waals surface area (Å²) < 4.78 is 14.3. The van der Waals surface area contributed by atoms with E-state index in [9.17, 15) is 5.26 Å². The van der Waals surface area contributed by atoms with Crippen LogP contribution in [0, 0.1) is 24.2 Å². The second-order valence-corrected chi connectivity index (χ2v) is 8.34. The molecule has 134 valence electrons. The summed E-state index contributed by atoms with van der Waals surface area (Å²) in [7, 11) is 1.37. The Morgan fingerprint density at radius 1 is 1.36 bits per heavy atom. The van der Waals surface area contributed by atoms with Crippen LogP contribution >= 0.6 is 0 Å². The smallest absolute Gasteiger partial charge is 0.399 e. The highest BCUT2D eigenvalue weighted by Crippen LogP contribution is 2.45. The van der Waals surface area contributed by atoms with Gasteiger partial charge in [-0.05, 0) is 53.4 Å². The van der Waals surface area contributed by atoms with Crippen molar-refractivity contribution in [3.8, 4) is 6.07 Å². The molecule has 2 fully saturated rings. The van der Waals surface area contributed by atoms with Gasteiger partial charge in [0.15, 0.2) is 0 Å². The highest BCUT2D eigenvalue weighted by atomic mass is 16.7. The Morgan fingerprint density at radius 3 is 2.48 bits per heavy atom. The van der Waals surface area contributed by atoms with Crippen LogP contribution in [0.1, 0.15) is 52.7 Å². The van der Waals surface area contributed by atoms with Crippen molar-refractivity contribution in [2.24, 2.45) is 10.9 Å². The van der Waals surface area contributed by atoms with E-state index in [4.69, 9.17) is 14.4 Å². The van der Waals surface area contributed by atoms with Crippen LogP contribution in [0.5, 0.6) is 0 Å². The summed E-state index contributed by atoms with van der Waals surface area (Å²) >= 11 is 0. The van der Waals surface area contributed by atoms with Crippen molar-refractivity contribution in [2.45, 2.75) is 70.6 Å². The molecule has 0 atom stereocenters. The molecule has 0 unspecified atom stereocenters. The third kappa shape index (κ3) is 2.92. The van der Waals surface area contributed by atoms with Gasteiger partial charge in [-0.15, -0.1) is 0 Å². The Kier molecular flexibility index (Phi) is 4.33. The van der Waals surface area contributed by atoms with Gasteiger partial charge < -0.3 is 14.3 Å². The van der Waals surface area contributed by atoms with Crippen molar-refractivity contribution in [1.82, 2.24) is 9.78 Å². The SMILES string of the molecule is CN=C[C@H]1C[C@@](CC#N)(n2cc(B3OC(C)(C)C(C)(C)O3)c(C)n2)C1. The standard InChI is InChI=1S/C18H27BN4O2/c1-13-15(19-24-16(2,3)17(4,5)25-19)12-23(22-13)18(7-8-20)9-14(10-18)11-21-6/h11-12,14H,7,9-10H2,1-6H3/t14-,18+. The van der Waals surface area contributed by atoms with Gasteiger partial charge in [-0.2, -0.15) is 10.4 Å². The highest BCUT2D eigenvalue weighted by molar-refractivity contribution is 6.62. The van der Waals surface area contributed by atoms with Crippen molar-refractivity contribution in [2.75, 3.05) is 7.05 Å². The fraction of sp³-hybridized carbons (Fsp3) is 0.722. The molecule has 3 rings (SSSR count). The largest absolute Gasteiger partial charge is 0.498 e. The topological polar surface area (TPSA) is 72.4 Å². The Labute approximate surface area is 150 Å². The molecule has 1 aromatic rings. The minimum atomic E-state index is -0.425. The summed E-state index contributed by atoms with van der Waals surface area (Å²) in [6.07, 6.45) is 6.21. The average Bonchev–Trinajstić information content (AvgIpc) is 2.94. The van der Waals surface area contributed by atoms with Crippen LogP contribution in [0.3, 0.4) is 0 Å². The fourth-order valence-electron chi connectivity index (χ4n) is 3.71. The van der Waals surface area contributed by atoms with Crippen molar-refractivity contribution in [1.29, 1.82) is 5.26 Å². The Morgan fingerprint density at radius 2 is 1.96 bits per heavy atom. The molecule has 0 aromatic carbocycles. The predicted molar refractivity (Wildman–Crippen MR) is 98.0 cm³/mol. The van der Waals surface area contributed by atoms with E-state index in [0.717, 1.165) is 24.0 Å². The van der Waals surface area contributed by atoms with E-state index in [1.165, 1.54) is 0 Å². The molecule has 25 heavy (non-hydrogen) atoms. The second kappa shape index (κ2) is 5.96. The summed E-state index contributed by atoms with van der Waals surface area (Å²) in [4.78, 5) is 4.12. The van der Waals surface area contributed by atoms with Crippen molar-refractivity contribution in [3.05, 3.63) is 11.9 Å². The first-order valence-electron chi connectivity index (χ1n) is 8.86. The molecule has 1 saturated carbocycles. The lowest BCUT2D eigenvalue weighted by Crippen LogP contribution is -2.47. The van der Waals surface area contributed by atoms with Crippen LogP contribution in [0.15, 0.2) is 11.2 Å². The number of aromatic nitrogens is 2. The summed E-state index contributed by atoms with van der Waals surface area (Å²) in [5, 5.41) is 14.0. The molecule has 7 heteroatoms. The average molecular weight is 342 g/mol. The second-order valence-electron chi connectivity index (χ2n) is 8.34. The van der Waals surface area contributed by atoms with Crippen LogP contribution in [-0.2, 0) is 14.8 Å². The summed E-state index contributed by atoms with van der Waals surface area (Å²) in [5.41, 5.74) is 0.838. The molecular weight excluding hydrogens is 315 g/mol. The monoisotopic (exact) mass is 342 g/mol. The van der Waals surface area contributed by atoms with Crippen LogP contribution in [0.4, 0.5) is 0 Å². The first kappa shape index (κ1) is 18.2. The third-order valence-electron chi connectivity index (χ3n) is 5.98. The Hall–Kier alpha value is -1.65. The minimum Gasteiger partial charge on any atom is -0.399 e. The number of rotatable bonds is 4. The van der Waals surface area contributed by atoms with Gasteiger partial charge in [0.25, 0.3) is 0 Å². The van der Waals surface area contributed by atoms with Crippen LogP contribution in [0.2, 0.25) is 0 Å².